The Bertz CT molecular complexity index is 1280. The van der Waals surface area contributed by atoms with Crippen molar-refractivity contribution >= 4 is 52.6 Å². The number of carbonyl (C=O) groups excluding carboxylic acids is 3. The van der Waals surface area contributed by atoms with Crippen molar-refractivity contribution in [2.24, 2.45) is 0 Å². The topological polar surface area (TPSA) is 115 Å². The van der Waals surface area contributed by atoms with Crippen LogP contribution in [0, 0.1) is 0 Å². The van der Waals surface area contributed by atoms with Crippen molar-refractivity contribution in [3.63, 3.8) is 0 Å². The van der Waals surface area contributed by atoms with Crippen LogP contribution in [0.1, 0.15) is 24.0 Å². The van der Waals surface area contributed by atoms with E-state index in [-0.39, 0.29) is 17.5 Å². The lowest BCUT2D eigenvalue weighted by Crippen LogP contribution is -2.54. The van der Waals surface area contributed by atoms with E-state index in [1.807, 2.05) is 6.07 Å². The van der Waals surface area contributed by atoms with Gasteiger partial charge >= 0.3 is 12.1 Å². The Kier molecular flexibility index (Phi) is 6.27. The molecule has 12 heteroatoms. The Labute approximate surface area is 217 Å². The molecule has 4 amide bonds. The summed E-state index contributed by atoms with van der Waals surface area (Å²) >= 11 is 12.5. The summed E-state index contributed by atoms with van der Waals surface area (Å²) in [6.45, 7) is 0.430. The molecule has 5 rings (SSSR count). The molecule has 0 bridgehead atoms. The van der Waals surface area contributed by atoms with Crippen LogP contribution >= 0.6 is 23.2 Å². The number of ether oxygens (including phenoxy) is 1. The number of piperidine rings is 1. The second kappa shape index (κ2) is 9.27. The van der Waals surface area contributed by atoms with Crippen molar-refractivity contribution in [3.05, 3.63) is 63.9 Å². The van der Waals surface area contributed by atoms with E-state index in [1.54, 1.807) is 35.4 Å². The molecule has 1 saturated heterocycles. The number of amides is 4. The molecule has 0 aliphatic carbocycles. The van der Waals surface area contributed by atoms with Gasteiger partial charge in [-0.2, -0.15) is 0 Å². The number of halogens is 2. The zero-order chi connectivity index (χ0) is 25.6. The Morgan fingerprint density at radius 2 is 1.97 bits per heavy atom. The van der Waals surface area contributed by atoms with Gasteiger partial charge in [0.05, 0.1) is 10.0 Å². The monoisotopic (exact) mass is 531 g/mol. The van der Waals surface area contributed by atoms with Crippen LogP contribution in [0.15, 0.2) is 42.7 Å². The summed E-state index contributed by atoms with van der Waals surface area (Å²) in [5.74, 6) is 0.189. The predicted molar refractivity (Wildman–Crippen MR) is 132 cm³/mol. The molecule has 10 nitrogen and oxygen atoms in total. The van der Waals surface area contributed by atoms with Crippen LogP contribution in [-0.4, -0.2) is 75.7 Å². The number of hydrogen-bond acceptors (Lipinski definition) is 6. The highest BCUT2D eigenvalue weighted by Gasteiger charge is 2.46. The number of benzene rings is 1. The van der Waals surface area contributed by atoms with Crippen LogP contribution in [0.3, 0.4) is 0 Å². The maximum absolute atomic E-state index is 13.2. The van der Waals surface area contributed by atoms with Crippen molar-refractivity contribution in [1.29, 1.82) is 0 Å². The number of nitrogens with zero attached hydrogens (tertiary/aromatic N) is 4. The summed E-state index contributed by atoms with van der Waals surface area (Å²) < 4.78 is 5.69. The van der Waals surface area contributed by atoms with Gasteiger partial charge in [0, 0.05) is 62.1 Å². The molecule has 1 aromatic carbocycles. The summed E-state index contributed by atoms with van der Waals surface area (Å²) in [5.41, 5.74) is 0.739. The van der Waals surface area contributed by atoms with E-state index in [1.165, 1.54) is 18.1 Å². The van der Waals surface area contributed by atoms with Crippen molar-refractivity contribution in [2.45, 2.75) is 24.7 Å². The van der Waals surface area contributed by atoms with Crippen LogP contribution in [0.25, 0.3) is 5.57 Å². The summed E-state index contributed by atoms with van der Waals surface area (Å²) in [4.78, 5) is 46.4. The highest BCUT2D eigenvalue weighted by molar-refractivity contribution is 6.43. The van der Waals surface area contributed by atoms with Crippen LogP contribution in [0.2, 0.25) is 10.0 Å². The Hall–Kier alpha value is -3.34. The largest absolute Gasteiger partial charge is 0.437 e. The summed E-state index contributed by atoms with van der Waals surface area (Å²) in [7, 11) is 1.44. The number of pyridine rings is 1. The number of aromatic nitrogens is 1. The standard InChI is InChI=1S/C24H23Cl2N5O5/c1-29-21(33)15(14-4-2-6-17(25)19(14)26)12-31(23(29)35)13-18(32)30-10-7-24(8-11-30)16-5-3-9-27-20(16)28-22(34)36-24/h2-6,9,12,21,33H,7-8,10-11,13H2,1H3,(H,27,28,34). The average molecular weight is 532 g/mol. The molecule has 1 aromatic heterocycles. The molecule has 188 valence electrons. The molecule has 2 aromatic rings. The lowest BCUT2D eigenvalue weighted by atomic mass is 9.83. The number of aliphatic hydroxyl groups is 1. The maximum atomic E-state index is 13.2. The quantitative estimate of drug-likeness (QED) is 0.626. The second-order valence-electron chi connectivity index (χ2n) is 8.87. The van der Waals surface area contributed by atoms with Crippen molar-refractivity contribution in [3.8, 4) is 0 Å². The average Bonchev–Trinajstić information content (AvgIpc) is 2.86. The normalized spacial score (nSPS) is 21.1. The Morgan fingerprint density at radius 1 is 1.22 bits per heavy atom. The van der Waals surface area contributed by atoms with E-state index in [4.69, 9.17) is 27.9 Å². The van der Waals surface area contributed by atoms with Gasteiger partial charge in [-0.05, 0) is 18.2 Å². The third kappa shape index (κ3) is 4.15. The Balaban J connectivity index is 1.33. The number of rotatable bonds is 3. The zero-order valence-electron chi connectivity index (χ0n) is 19.3. The number of fused-ring (bicyclic) bond motifs is 2. The molecular weight excluding hydrogens is 509 g/mol. The van der Waals surface area contributed by atoms with Crippen molar-refractivity contribution in [2.75, 3.05) is 32.0 Å². The number of nitrogens with one attached hydrogen (secondary N) is 1. The van der Waals surface area contributed by atoms with Gasteiger partial charge in [-0.3, -0.25) is 19.9 Å². The van der Waals surface area contributed by atoms with E-state index in [0.717, 1.165) is 10.5 Å². The molecule has 2 N–H and O–H groups in total. The molecule has 3 aliphatic rings. The van der Waals surface area contributed by atoms with Gasteiger partial charge in [0.1, 0.15) is 18.0 Å². The zero-order valence-corrected chi connectivity index (χ0v) is 20.8. The number of urea groups is 1. The first-order valence-corrected chi connectivity index (χ1v) is 12.1. The summed E-state index contributed by atoms with van der Waals surface area (Å²) in [5, 5.41) is 13.8. The van der Waals surface area contributed by atoms with Crippen molar-refractivity contribution in [1.82, 2.24) is 19.7 Å². The molecule has 36 heavy (non-hydrogen) atoms. The lowest BCUT2D eigenvalue weighted by Gasteiger charge is -2.44. The molecule has 3 aliphatic heterocycles. The van der Waals surface area contributed by atoms with E-state index in [2.05, 4.69) is 10.3 Å². The molecule has 1 spiro atoms. The van der Waals surface area contributed by atoms with Gasteiger partial charge < -0.3 is 14.7 Å². The molecule has 0 radical (unpaired) electrons. The minimum Gasteiger partial charge on any atom is -0.437 e. The number of likely N-dealkylation sites (N-methyl/N-ethyl adjacent to an activating group) is 1. The highest BCUT2D eigenvalue weighted by atomic mass is 35.5. The number of hydrogen-bond donors (Lipinski definition) is 2. The van der Waals surface area contributed by atoms with E-state index >= 15 is 0 Å². The number of likely N-dealkylation sites (tertiary alicyclic amines) is 1. The first kappa shape index (κ1) is 24.4. The molecule has 1 fully saturated rings. The first-order chi connectivity index (χ1) is 17.2. The van der Waals surface area contributed by atoms with Gasteiger partial charge in [0.15, 0.2) is 6.23 Å². The molecule has 4 heterocycles. The first-order valence-electron chi connectivity index (χ1n) is 11.3. The molecule has 0 saturated carbocycles. The van der Waals surface area contributed by atoms with Gasteiger partial charge in [-0.1, -0.05) is 35.3 Å². The summed E-state index contributed by atoms with van der Waals surface area (Å²) in [6, 6.07) is 8.11. The SMILES string of the molecule is CN1C(=O)N(CC(=O)N2CCC3(CC2)OC(=O)Nc2ncccc23)C=C(c2cccc(Cl)c2Cl)C1O. The van der Waals surface area contributed by atoms with E-state index < -0.39 is 24.0 Å². The van der Waals surface area contributed by atoms with Crippen molar-refractivity contribution < 1.29 is 24.2 Å². The van der Waals surface area contributed by atoms with Gasteiger partial charge in [0.2, 0.25) is 5.91 Å². The van der Waals surface area contributed by atoms with Gasteiger partial charge in [-0.25, -0.2) is 14.6 Å². The maximum Gasteiger partial charge on any atom is 0.413 e. The van der Waals surface area contributed by atoms with Crippen LogP contribution < -0.4 is 5.32 Å². The van der Waals surface area contributed by atoms with Crippen LogP contribution in [0.5, 0.6) is 0 Å². The molecule has 1 atom stereocenters. The predicted octanol–water partition coefficient (Wildman–Crippen LogP) is 3.50. The lowest BCUT2D eigenvalue weighted by molar-refractivity contribution is -0.136. The fourth-order valence-corrected chi connectivity index (χ4v) is 5.23. The van der Waals surface area contributed by atoms with Crippen LogP contribution in [0.4, 0.5) is 15.4 Å². The smallest absolute Gasteiger partial charge is 0.413 e. The van der Waals surface area contributed by atoms with Gasteiger partial charge in [0.25, 0.3) is 0 Å². The fourth-order valence-electron chi connectivity index (χ4n) is 4.82. The molecule has 1 unspecified atom stereocenters. The number of anilines is 1. The third-order valence-corrected chi connectivity index (χ3v) is 7.61. The summed E-state index contributed by atoms with van der Waals surface area (Å²) in [6.07, 6.45) is 2.01. The van der Waals surface area contributed by atoms with E-state index in [0.29, 0.717) is 47.9 Å². The highest BCUT2D eigenvalue weighted by Crippen LogP contribution is 2.42. The Morgan fingerprint density at radius 3 is 2.72 bits per heavy atom. The molecular formula is C24H23Cl2N5O5. The number of aliphatic hydroxyl groups excluding tert-OH is 1. The fraction of sp³-hybridized carbons (Fsp3) is 0.333. The minimum atomic E-state index is -1.25. The van der Waals surface area contributed by atoms with Gasteiger partial charge in [-0.15, -0.1) is 0 Å². The third-order valence-electron chi connectivity index (χ3n) is 6.79. The number of carbonyl (C=O) groups is 3. The van der Waals surface area contributed by atoms with E-state index in [9.17, 15) is 19.5 Å². The minimum absolute atomic E-state index is 0.232. The second-order valence-corrected chi connectivity index (χ2v) is 9.66. The van der Waals surface area contributed by atoms with Crippen LogP contribution in [-0.2, 0) is 15.1 Å².